The molecular formula is C13H19NO2. The van der Waals surface area contributed by atoms with Crippen LogP contribution in [0.3, 0.4) is 0 Å². The van der Waals surface area contributed by atoms with Gasteiger partial charge in [0.05, 0.1) is 12.7 Å². The molecule has 2 rings (SSSR count). The molecule has 3 nitrogen and oxygen atoms in total. The van der Waals surface area contributed by atoms with E-state index in [0.29, 0.717) is 13.0 Å². The fraction of sp³-hybridized carbons (Fsp3) is 0.615. The van der Waals surface area contributed by atoms with Crippen LogP contribution in [0.5, 0.6) is 0 Å². The molecule has 3 heteroatoms. The summed E-state index contributed by atoms with van der Waals surface area (Å²) in [7, 11) is 0. The quantitative estimate of drug-likeness (QED) is 0.839. The van der Waals surface area contributed by atoms with Gasteiger partial charge in [0.1, 0.15) is 0 Å². The van der Waals surface area contributed by atoms with Crippen molar-refractivity contribution in [3.8, 4) is 0 Å². The number of ether oxygens (including phenoxy) is 1. The lowest BCUT2D eigenvalue weighted by atomic mass is 9.97. The molecule has 88 valence electrons. The normalized spacial score (nSPS) is 22.2. The largest absolute Gasteiger partial charge is 0.392 e. The highest BCUT2D eigenvalue weighted by atomic mass is 16.5. The van der Waals surface area contributed by atoms with Crippen LogP contribution in [0.15, 0.2) is 18.3 Å². The van der Waals surface area contributed by atoms with Crippen molar-refractivity contribution in [3.63, 3.8) is 0 Å². The van der Waals surface area contributed by atoms with Gasteiger partial charge in [0.2, 0.25) is 0 Å². The maximum Gasteiger partial charge on any atom is 0.0646 e. The number of aryl methyl sites for hydroxylation is 1. The molecular weight excluding hydrogens is 202 g/mol. The lowest BCUT2D eigenvalue weighted by molar-refractivity contribution is 0.0911. The van der Waals surface area contributed by atoms with Gasteiger partial charge < -0.3 is 9.84 Å². The highest BCUT2D eigenvalue weighted by Crippen LogP contribution is 2.19. The predicted octanol–water partition coefficient (Wildman–Crippen LogP) is 1.58. The second-order valence-corrected chi connectivity index (χ2v) is 4.41. The van der Waals surface area contributed by atoms with E-state index in [9.17, 15) is 5.11 Å². The van der Waals surface area contributed by atoms with Crippen molar-refractivity contribution in [2.75, 3.05) is 13.2 Å². The van der Waals surface area contributed by atoms with Crippen LogP contribution in [-0.2, 0) is 17.6 Å². The molecule has 0 saturated carbocycles. The topological polar surface area (TPSA) is 42.4 Å². The van der Waals surface area contributed by atoms with Crippen LogP contribution in [0.4, 0.5) is 0 Å². The summed E-state index contributed by atoms with van der Waals surface area (Å²) in [5, 5.41) is 10.0. The number of aliphatic hydroxyl groups is 1. The van der Waals surface area contributed by atoms with Crippen LogP contribution in [0.2, 0.25) is 0 Å². The van der Waals surface area contributed by atoms with Crippen LogP contribution in [0.1, 0.15) is 24.6 Å². The van der Waals surface area contributed by atoms with Gasteiger partial charge in [-0.1, -0.05) is 13.0 Å². The number of aromatic nitrogens is 1. The first-order chi connectivity index (χ1) is 7.79. The van der Waals surface area contributed by atoms with Gasteiger partial charge >= 0.3 is 0 Å². The molecule has 1 fully saturated rings. The van der Waals surface area contributed by atoms with Gasteiger partial charge in [-0.2, -0.15) is 0 Å². The summed E-state index contributed by atoms with van der Waals surface area (Å²) in [5.74, 6) is 0.285. The average molecular weight is 221 g/mol. The van der Waals surface area contributed by atoms with E-state index < -0.39 is 0 Å². The fourth-order valence-electron chi connectivity index (χ4n) is 2.02. The minimum Gasteiger partial charge on any atom is -0.392 e. The Labute approximate surface area is 96.5 Å². The van der Waals surface area contributed by atoms with Gasteiger partial charge in [0, 0.05) is 30.8 Å². The number of nitrogens with zero attached hydrogens (tertiary/aromatic N) is 1. The number of pyridine rings is 1. The standard InChI is InChI=1S/C13H19NO2/c1-2-10-3-4-12(14-8-10)7-13(15)11-5-6-16-9-11/h3-4,8,11,13,15H,2,5-7,9H2,1H3. The van der Waals surface area contributed by atoms with Crippen molar-refractivity contribution in [1.82, 2.24) is 4.98 Å². The summed E-state index contributed by atoms with van der Waals surface area (Å²) in [4.78, 5) is 4.36. The lowest BCUT2D eigenvalue weighted by Crippen LogP contribution is -2.23. The molecule has 2 atom stereocenters. The van der Waals surface area contributed by atoms with Crippen LogP contribution < -0.4 is 0 Å². The van der Waals surface area contributed by atoms with Crippen molar-refractivity contribution in [1.29, 1.82) is 0 Å². The second kappa shape index (κ2) is 5.41. The van der Waals surface area contributed by atoms with E-state index in [1.807, 2.05) is 12.3 Å². The number of hydrogen-bond acceptors (Lipinski definition) is 3. The van der Waals surface area contributed by atoms with Crippen molar-refractivity contribution < 1.29 is 9.84 Å². The maximum atomic E-state index is 10.0. The minimum absolute atomic E-state index is 0.285. The van der Waals surface area contributed by atoms with Gasteiger partial charge in [-0.15, -0.1) is 0 Å². The molecule has 1 aromatic heterocycles. The second-order valence-electron chi connectivity index (χ2n) is 4.41. The predicted molar refractivity (Wildman–Crippen MR) is 62.3 cm³/mol. The van der Waals surface area contributed by atoms with E-state index in [0.717, 1.165) is 25.1 Å². The zero-order valence-corrected chi connectivity index (χ0v) is 9.72. The smallest absolute Gasteiger partial charge is 0.0646 e. The van der Waals surface area contributed by atoms with E-state index in [2.05, 4.69) is 18.0 Å². The zero-order chi connectivity index (χ0) is 11.4. The van der Waals surface area contributed by atoms with Gasteiger partial charge in [-0.3, -0.25) is 4.98 Å². The summed E-state index contributed by atoms with van der Waals surface area (Å²) in [6.07, 6.45) is 4.19. The van der Waals surface area contributed by atoms with Crippen molar-refractivity contribution in [2.45, 2.75) is 32.3 Å². The average Bonchev–Trinajstić information content (AvgIpc) is 2.83. The third kappa shape index (κ3) is 2.80. The third-order valence-electron chi connectivity index (χ3n) is 3.22. The maximum absolute atomic E-state index is 10.0. The monoisotopic (exact) mass is 221 g/mol. The number of rotatable bonds is 4. The Balaban J connectivity index is 1.92. The first kappa shape index (κ1) is 11.6. The fourth-order valence-corrected chi connectivity index (χ4v) is 2.02. The third-order valence-corrected chi connectivity index (χ3v) is 3.22. The van der Waals surface area contributed by atoms with Gasteiger partial charge in [-0.05, 0) is 24.5 Å². The van der Waals surface area contributed by atoms with E-state index in [4.69, 9.17) is 4.74 Å². The van der Waals surface area contributed by atoms with Gasteiger partial charge in [0.25, 0.3) is 0 Å². The molecule has 1 aromatic rings. The molecule has 16 heavy (non-hydrogen) atoms. The van der Waals surface area contributed by atoms with Crippen molar-refractivity contribution >= 4 is 0 Å². The Morgan fingerprint density at radius 3 is 3.00 bits per heavy atom. The summed E-state index contributed by atoms with van der Waals surface area (Å²) < 4.78 is 5.27. The Kier molecular flexibility index (Phi) is 3.91. The van der Waals surface area contributed by atoms with E-state index in [-0.39, 0.29) is 12.0 Å². The highest BCUT2D eigenvalue weighted by Gasteiger charge is 2.24. The van der Waals surface area contributed by atoms with Crippen molar-refractivity contribution in [2.24, 2.45) is 5.92 Å². The molecule has 0 bridgehead atoms. The summed E-state index contributed by atoms with van der Waals surface area (Å²) in [6, 6.07) is 4.10. The van der Waals surface area contributed by atoms with Crippen molar-refractivity contribution in [3.05, 3.63) is 29.6 Å². The first-order valence-corrected chi connectivity index (χ1v) is 5.99. The molecule has 1 saturated heterocycles. The zero-order valence-electron chi connectivity index (χ0n) is 9.72. The Morgan fingerprint density at radius 1 is 1.56 bits per heavy atom. The molecule has 1 aliphatic heterocycles. The molecule has 2 heterocycles. The number of hydrogen-bond donors (Lipinski definition) is 1. The minimum atomic E-state index is -0.317. The Morgan fingerprint density at radius 2 is 2.44 bits per heavy atom. The first-order valence-electron chi connectivity index (χ1n) is 5.99. The van der Waals surface area contributed by atoms with Gasteiger partial charge in [-0.25, -0.2) is 0 Å². The summed E-state index contributed by atoms with van der Waals surface area (Å²) in [6.45, 7) is 3.58. The summed E-state index contributed by atoms with van der Waals surface area (Å²) >= 11 is 0. The molecule has 0 aromatic carbocycles. The SMILES string of the molecule is CCc1ccc(CC(O)C2CCOC2)nc1. The summed E-state index contributed by atoms with van der Waals surface area (Å²) in [5.41, 5.74) is 2.21. The molecule has 0 aliphatic carbocycles. The Hall–Kier alpha value is -0.930. The van der Waals surface area contributed by atoms with E-state index in [1.54, 1.807) is 0 Å². The van der Waals surface area contributed by atoms with E-state index >= 15 is 0 Å². The van der Waals surface area contributed by atoms with Crippen LogP contribution in [0.25, 0.3) is 0 Å². The molecule has 1 aliphatic rings. The Bertz CT molecular complexity index is 317. The van der Waals surface area contributed by atoms with E-state index in [1.165, 1.54) is 5.56 Å². The molecule has 0 amide bonds. The van der Waals surface area contributed by atoms with Gasteiger partial charge in [0.15, 0.2) is 0 Å². The molecule has 1 N–H and O–H groups in total. The molecule has 0 spiro atoms. The molecule has 0 radical (unpaired) electrons. The lowest BCUT2D eigenvalue weighted by Gasteiger charge is -2.15. The number of aliphatic hydroxyl groups excluding tert-OH is 1. The molecule has 2 unspecified atom stereocenters. The van der Waals surface area contributed by atoms with Crippen LogP contribution in [-0.4, -0.2) is 29.4 Å². The highest BCUT2D eigenvalue weighted by molar-refractivity contribution is 5.14. The van der Waals surface area contributed by atoms with Crippen LogP contribution >= 0.6 is 0 Å². The van der Waals surface area contributed by atoms with Crippen LogP contribution in [0, 0.1) is 5.92 Å².